The smallest absolute Gasteiger partial charge is 0.399 e. The lowest BCUT2D eigenvalue weighted by molar-refractivity contribution is 0.00578. The van der Waals surface area contributed by atoms with Crippen LogP contribution in [0.5, 0.6) is 0 Å². The molecule has 0 bridgehead atoms. The Morgan fingerprint density at radius 2 is 0.630 bits per heavy atom. The number of aromatic nitrogens is 2. The van der Waals surface area contributed by atoms with E-state index in [-0.39, 0.29) is 0 Å². The molecule has 7 aromatic carbocycles. The average molecular weight is 1280 g/mol. The molecule has 0 atom stereocenters. The van der Waals surface area contributed by atoms with E-state index in [1.165, 1.54) is 119 Å². The van der Waals surface area contributed by atoms with E-state index in [0.29, 0.717) is 0 Å². The molecule has 2 aliphatic heterocycles. The second kappa shape index (κ2) is 26.2. The van der Waals surface area contributed by atoms with Crippen molar-refractivity contribution >= 4 is 117 Å². The molecule has 0 aliphatic carbocycles. The second-order valence-electron chi connectivity index (χ2n) is 24.4. The van der Waals surface area contributed by atoms with Gasteiger partial charge in [0.25, 0.3) is 0 Å². The molecule has 81 heavy (non-hydrogen) atoms. The van der Waals surface area contributed by atoms with Crippen molar-refractivity contribution in [1.29, 1.82) is 0 Å². The summed E-state index contributed by atoms with van der Waals surface area (Å²) in [6, 6.07) is 52.9. The lowest BCUT2D eigenvalue weighted by Gasteiger charge is -2.32. The molecule has 2 aromatic heterocycles. The van der Waals surface area contributed by atoms with Crippen molar-refractivity contribution < 1.29 is 18.6 Å². The second-order valence-corrected chi connectivity index (χ2v) is 27.2. The molecule has 424 valence electrons. The van der Waals surface area contributed by atoms with Crippen LogP contribution < -0.4 is 10.9 Å². The van der Waals surface area contributed by atoms with Gasteiger partial charge in [-0.05, 0) is 206 Å². The van der Waals surface area contributed by atoms with Gasteiger partial charge in [0.05, 0.1) is 44.5 Å². The number of aryl methyl sites for hydroxylation is 3. The molecule has 2 aliphatic rings. The van der Waals surface area contributed by atoms with E-state index in [4.69, 9.17) is 18.6 Å². The zero-order chi connectivity index (χ0) is 57.7. The normalized spacial score (nSPS) is 16.1. The summed E-state index contributed by atoms with van der Waals surface area (Å²) in [5.74, 6) is 0. The number of nitrogens with zero attached hydrogens (tertiary/aromatic N) is 2. The number of fused-ring (bicyclic) bond motifs is 6. The first-order chi connectivity index (χ1) is 38.7. The molecule has 0 radical (unpaired) electrons. The standard InChI is InChI=1S/C34H43B2NO4.C22H19Br2N.C14H21Br/c1-10-11-12-23-13-17-26(18-14-23)37-29-19-15-24(35-38-31(2,3)32(4,5)39-35)21-27(29)28-22-25(16-20-30(28)37)36-40-33(6,7)34(8,9)41-36;1-2-3-4-15-5-9-18(10-6-15)25-21-11-7-16(23)13-19(21)20-14-17(24)8-12-22(20)25;1-2-3-4-5-6-7-8-13-9-11-14(15)12-10-13/h13-22H,10-12H2,1-9H3;5-14H,2-4H2,1H3;9-12H,2-8H2,1H3. The van der Waals surface area contributed by atoms with Crippen LogP contribution in [0.1, 0.15) is 157 Å². The topological polar surface area (TPSA) is 46.8 Å². The van der Waals surface area contributed by atoms with Gasteiger partial charge in [-0.15, -0.1) is 0 Å². The van der Waals surface area contributed by atoms with Gasteiger partial charge in [-0.3, -0.25) is 0 Å². The molecule has 6 nitrogen and oxygen atoms in total. The van der Waals surface area contributed by atoms with Crippen molar-refractivity contribution in [3.05, 3.63) is 176 Å². The van der Waals surface area contributed by atoms with E-state index < -0.39 is 36.6 Å². The number of benzene rings is 7. The van der Waals surface area contributed by atoms with Crippen LogP contribution in [0.4, 0.5) is 0 Å². The van der Waals surface area contributed by atoms with Crippen molar-refractivity contribution in [2.75, 3.05) is 0 Å². The van der Waals surface area contributed by atoms with E-state index in [1.54, 1.807) is 0 Å². The SMILES string of the molecule is CCCCCCCCc1ccc(Br)cc1.CCCCc1ccc(-n2c3ccc(B4OC(C)(C)C(C)(C)O4)cc3c3cc(B4OC(C)(C)C(C)(C)O4)ccc32)cc1.CCCCc1ccc(-n2c3ccc(Br)cc3c3cc(Br)ccc32)cc1. The Labute approximate surface area is 509 Å². The number of rotatable bonds is 17. The van der Waals surface area contributed by atoms with Crippen molar-refractivity contribution in [3.63, 3.8) is 0 Å². The number of halogens is 3. The van der Waals surface area contributed by atoms with Crippen LogP contribution in [0.3, 0.4) is 0 Å². The molecular formula is C70H83B2Br3N2O4. The number of hydrogen-bond donors (Lipinski definition) is 0. The van der Waals surface area contributed by atoms with Crippen LogP contribution in [-0.2, 0) is 37.9 Å². The van der Waals surface area contributed by atoms with Gasteiger partial charge >= 0.3 is 14.2 Å². The number of unbranched alkanes of at least 4 members (excludes halogenated alkanes) is 7. The minimum Gasteiger partial charge on any atom is -0.399 e. The fraction of sp³-hybridized carbons (Fsp3) is 0.400. The summed E-state index contributed by atoms with van der Waals surface area (Å²) in [6.45, 7) is 23.5. The quantitative estimate of drug-likeness (QED) is 0.0673. The highest BCUT2D eigenvalue weighted by Crippen LogP contribution is 2.40. The predicted octanol–water partition coefficient (Wildman–Crippen LogP) is 19.7. The van der Waals surface area contributed by atoms with Crippen LogP contribution in [0.15, 0.2) is 159 Å². The molecule has 0 unspecified atom stereocenters. The van der Waals surface area contributed by atoms with Crippen LogP contribution in [0.25, 0.3) is 55.0 Å². The Kier molecular flexibility index (Phi) is 19.8. The summed E-state index contributed by atoms with van der Waals surface area (Å²) >= 11 is 10.7. The van der Waals surface area contributed by atoms with E-state index in [1.807, 2.05) is 0 Å². The molecule has 11 rings (SSSR count). The Bertz CT molecular complexity index is 3380. The third kappa shape index (κ3) is 13.9. The summed E-state index contributed by atoms with van der Waals surface area (Å²) in [7, 11) is -0.848. The monoisotopic (exact) mass is 1270 g/mol. The van der Waals surface area contributed by atoms with Crippen LogP contribution >= 0.6 is 47.8 Å². The molecule has 0 spiro atoms. The summed E-state index contributed by atoms with van der Waals surface area (Å²) in [5, 5.41) is 4.84. The Balaban J connectivity index is 0.000000167. The van der Waals surface area contributed by atoms with Crippen molar-refractivity contribution in [3.8, 4) is 11.4 Å². The maximum Gasteiger partial charge on any atom is 0.494 e. The summed E-state index contributed by atoms with van der Waals surface area (Å²) in [6.07, 6.45) is 16.7. The maximum atomic E-state index is 6.43. The fourth-order valence-corrected chi connectivity index (χ4v) is 12.0. The van der Waals surface area contributed by atoms with E-state index in [2.05, 4.69) is 279 Å². The average Bonchev–Trinajstić information content (AvgIpc) is 4.24. The van der Waals surface area contributed by atoms with E-state index >= 15 is 0 Å². The molecule has 9 aromatic rings. The highest BCUT2D eigenvalue weighted by molar-refractivity contribution is 9.11. The molecule has 2 fully saturated rings. The summed E-state index contributed by atoms with van der Waals surface area (Å²) in [5.41, 5.74) is 11.8. The van der Waals surface area contributed by atoms with Crippen LogP contribution in [-0.4, -0.2) is 45.8 Å². The van der Waals surface area contributed by atoms with Gasteiger partial charge < -0.3 is 27.8 Å². The van der Waals surface area contributed by atoms with Gasteiger partial charge in [-0.2, -0.15) is 0 Å². The number of hydrogen-bond acceptors (Lipinski definition) is 4. The van der Waals surface area contributed by atoms with Gasteiger partial charge in [0, 0.05) is 46.3 Å². The van der Waals surface area contributed by atoms with Gasteiger partial charge in [-0.1, -0.05) is 174 Å². The summed E-state index contributed by atoms with van der Waals surface area (Å²) in [4.78, 5) is 0. The first-order valence-corrected chi connectivity index (χ1v) is 32.2. The minimum atomic E-state index is -0.424. The fourth-order valence-electron chi connectivity index (χ4n) is 11.0. The molecule has 0 amide bonds. The Hall–Kier alpha value is -4.45. The van der Waals surface area contributed by atoms with E-state index in [9.17, 15) is 0 Å². The molecule has 2 saturated heterocycles. The van der Waals surface area contributed by atoms with Crippen molar-refractivity contribution in [2.24, 2.45) is 0 Å². The molecule has 11 heteroatoms. The van der Waals surface area contributed by atoms with Gasteiger partial charge in [0.1, 0.15) is 0 Å². The highest BCUT2D eigenvalue weighted by Gasteiger charge is 2.53. The highest BCUT2D eigenvalue weighted by atomic mass is 79.9. The van der Waals surface area contributed by atoms with E-state index in [0.717, 1.165) is 60.2 Å². The lowest BCUT2D eigenvalue weighted by Crippen LogP contribution is -2.41. The predicted molar refractivity (Wildman–Crippen MR) is 357 cm³/mol. The molecule has 4 heterocycles. The minimum absolute atomic E-state index is 0.399. The summed E-state index contributed by atoms with van der Waals surface area (Å²) < 4.78 is 33.8. The maximum absolute atomic E-state index is 6.43. The zero-order valence-corrected chi connectivity index (χ0v) is 54.6. The first-order valence-electron chi connectivity index (χ1n) is 29.8. The third-order valence-electron chi connectivity index (χ3n) is 17.3. The largest absolute Gasteiger partial charge is 0.494 e. The van der Waals surface area contributed by atoms with Crippen molar-refractivity contribution in [1.82, 2.24) is 9.13 Å². The van der Waals surface area contributed by atoms with Crippen LogP contribution in [0, 0.1) is 0 Å². The molecule has 0 saturated carbocycles. The molecular weight excluding hydrogens is 1190 g/mol. The van der Waals surface area contributed by atoms with Gasteiger partial charge in [0.2, 0.25) is 0 Å². The lowest BCUT2D eigenvalue weighted by atomic mass is 9.77. The molecule has 0 N–H and O–H groups in total. The van der Waals surface area contributed by atoms with Crippen molar-refractivity contribution in [2.45, 2.75) is 182 Å². The zero-order valence-electron chi connectivity index (χ0n) is 49.9. The Morgan fingerprint density at radius 1 is 0.333 bits per heavy atom. The Morgan fingerprint density at radius 3 is 1.00 bits per heavy atom. The van der Waals surface area contributed by atoms with Gasteiger partial charge in [-0.25, -0.2) is 0 Å². The third-order valence-corrected chi connectivity index (χ3v) is 18.8. The first kappa shape index (κ1) is 61.1. The van der Waals surface area contributed by atoms with Crippen LogP contribution in [0.2, 0.25) is 0 Å². The van der Waals surface area contributed by atoms with Gasteiger partial charge in [0.15, 0.2) is 0 Å².